The Morgan fingerprint density at radius 3 is 2.72 bits per heavy atom. The summed E-state index contributed by atoms with van der Waals surface area (Å²) in [6, 6.07) is 3.06. The number of phenols is 1. The summed E-state index contributed by atoms with van der Waals surface area (Å²) in [4.78, 5) is 26.6. The summed E-state index contributed by atoms with van der Waals surface area (Å²) in [5.74, 6) is -0.958. The molecule has 1 aromatic rings. The summed E-state index contributed by atoms with van der Waals surface area (Å²) in [6.45, 7) is 1.85. The molecule has 134 valence electrons. The molecule has 2 rings (SSSR count). The zero-order valence-electron chi connectivity index (χ0n) is 13.9. The second-order valence-electron chi connectivity index (χ2n) is 5.12. The molecule has 25 heavy (non-hydrogen) atoms. The number of esters is 1. The number of carbonyl (C=O) groups is 2. The fraction of sp³-hybridized carbons (Fsp3) is 0.312. The van der Waals surface area contributed by atoms with Crippen LogP contribution in [-0.2, 0) is 14.3 Å². The van der Waals surface area contributed by atoms with E-state index in [1.54, 1.807) is 26.1 Å². The van der Waals surface area contributed by atoms with Crippen LogP contribution in [0.5, 0.6) is 11.5 Å². The van der Waals surface area contributed by atoms with Gasteiger partial charge in [-0.05, 0) is 42.9 Å². The van der Waals surface area contributed by atoms with E-state index in [1.807, 2.05) is 0 Å². The van der Waals surface area contributed by atoms with Crippen molar-refractivity contribution in [3.8, 4) is 11.5 Å². The number of benzene rings is 1. The fourth-order valence-corrected chi connectivity index (χ4v) is 2.71. The number of rotatable bonds is 5. The Hall–Kier alpha value is -2.32. The standard InChI is InChI=1S/C16H17ClN2O5S/c1-4-24-12-7-9(5-10(17)14(12)21)6-11-15(22)19(8-13(20)23-3)16(25)18(11)2/h5-7,21H,4,8H2,1-3H3/b11-6-. The number of likely N-dealkylation sites (N-methyl/N-ethyl adjacent to an activating group) is 1. The highest BCUT2D eigenvalue weighted by atomic mass is 35.5. The van der Waals surface area contributed by atoms with E-state index in [-0.39, 0.29) is 33.9 Å². The van der Waals surface area contributed by atoms with Crippen LogP contribution in [0.3, 0.4) is 0 Å². The van der Waals surface area contributed by atoms with Gasteiger partial charge in [-0.1, -0.05) is 11.6 Å². The average molecular weight is 385 g/mol. The maximum atomic E-state index is 12.6. The normalized spacial score (nSPS) is 15.9. The summed E-state index contributed by atoms with van der Waals surface area (Å²) >= 11 is 11.2. The zero-order valence-corrected chi connectivity index (χ0v) is 15.5. The maximum Gasteiger partial charge on any atom is 0.325 e. The van der Waals surface area contributed by atoms with Crippen molar-refractivity contribution in [1.29, 1.82) is 0 Å². The van der Waals surface area contributed by atoms with Crippen molar-refractivity contribution < 1.29 is 24.2 Å². The number of amides is 1. The van der Waals surface area contributed by atoms with Crippen molar-refractivity contribution in [3.63, 3.8) is 0 Å². The number of aromatic hydroxyl groups is 1. The third kappa shape index (κ3) is 3.85. The minimum atomic E-state index is -0.573. The SMILES string of the molecule is CCOc1cc(/C=C2/C(=O)N(CC(=O)OC)C(=S)N2C)cc(Cl)c1O. The minimum Gasteiger partial charge on any atom is -0.503 e. The van der Waals surface area contributed by atoms with Gasteiger partial charge in [0, 0.05) is 7.05 Å². The van der Waals surface area contributed by atoms with E-state index in [1.165, 1.54) is 18.1 Å². The van der Waals surface area contributed by atoms with E-state index in [0.29, 0.717) is 12.2 Å². The van der Waals surface area contributed by atoms with Crippen LogP contribution in [0.4, 0.5) is 0 Å². The van der Waals surface area contributed by atoms with Crippen LogP contribution >= 0.6 is 23.8 Å². The van der Waals surface area contributed by atoms with Crippen LogP contribution in [0.15, 0.2) is 17.8 Å². The highest BCUT2D eigenvalue weighted by Crippen LogP contribution is 2.36. The molecule has 1 amide bonds. The molecule has 0 radical (unpaired) electrons. The van der Waals surface area contributed by atoms with Crippen LogP contribution in [-0.4, -0.2) is 59.2 Å². The lowest BCUT2D eigenvalue weighted by atomic mass is 10.1. The second-order valence-corrected chi connectivity index (χ2v) is 5.89. The van der Waals surface area contributed by atoms with Crippen LogP contribution in [0, 0.1) is 0 Å². The third-order valence-electron chi connectivity index (χ3n) is 3.51. The zero-order chi connectivity index (χ0) is 18.7. The smallest absolute Gasteiger partial charge is 0.325 e. The minimum absolute atomic E-state index is 0.0971. The highest BCUT2D eigenvalue weighted by molar-refractivity contribution is 7.80. The first-order valence-electron chi connectivity index (χ1n) is 7.33. The Morgan fingerprint density at radius 1 is 1.44 bits per heavy atom. The van der Waals surface area contributed by atoms with Crippen molar-refractivity contribution in [3.05, 3.63) is 28.4 Å². The van der Waals surface area contributed by atoms with E-state index in [4.69, 9.17) is 28.6 Å². The van der Waals surface area contributed by atoms with Gasteiger partial charge in [0.05, 0.1) is 18.7 Å². The summed E-state index contributed by atoms with van der Waals surface area (Å²) in [5, 5.41) is 10.2. The molecular weight excluding hydrogens is 368 g/mol. The lowest BCUT2D eigenvalue weighted by molar-refractivity contribution is -0.143. The van der Waals surface area contributed by atoms with E-state index < -0.39 is 11.9 Å². The number of hydrogen-bond donors (Lipinski definition) is 1. The van der Waals surface area contributed by atoms with Gasteiger partial charge >= 0.3 is 5.97 Å². The Labute approximate surface area is 155 Å². The van der Waals surface area contributed by atoms with Crippen molar-refractivity contribution in [2.75, 3.05) is 27.3 Å². The molecule has 1 heterocycles. The molecule has 1 aliphatic heterocycles. The topological polar surface area (TPSA) is 79.3 Å². The fourth-order valence-electron chi connectivity index (χ4n) is 2.24. The van der Waals surface area contributed by atoms with Gasteiger partial charge in [-0.3, -0.25) is 14.5 Å². The van der Waals surface area contributed by atoms with E-state index in [2.05, 4.69) is 4.74 Å². The van der Waals surface area contributed by atoms with Crippen LogP contribution in [0.2, 0.25) is 5.02 Å². The summed E-state index contributed by atoms with van der Waals surface area (Å²) in [5.41, 5.74) is 0.808. The number of ether oxygens (including phenoxy) is 2. The van der Waals surface area contributed by atoms with Gasteiger partial charge < -0.3 is 19.5 Å². The van der Waals surface area contributed by atoms with Crippen molar-refractivity contribution >= 4 is 46.9 Å². The molecule has 9 heteroatoms. The summed E-state index contributed by atoms with van der Waals surface area (Å²) in [6.07, 6.45) is 1.56. The Morgan fingerprint density at radius 2 is 2.12 bits per heavy atom. The highest BCUT2D eigenvalue weighted by Gasteiger charge is 2.37. The summed E-state index contributed by atoms with van der Waals surface area (Å²) in [7, 11) is 2.86. The van der Waals surface area contributed by atoms with Crippen molar-refractivity contribution in [1.82, 2.24) is 9.80 Å². The Balaban J connectivity index is 2.39. The van der Waals surface area contributed by atoms with E-state index >= 15 is 0 Å². The molecule has 0 atom stereocenters. The number of methoxy groups -OCH3 is 1. The largest absolute Gasteiger partial charge is 0.503 e. The monoisotopic (exact) mass is 384 g/mol. The molecule has 7 nitrogen and oxygen atoms in total. The molecule has 1 N–H and O–H groups in total. The average Bonchev–Trinajstić information content (AvgIpc) is 2.77. The Kier molecular flexibility index (Phi) is 5.86. The van der Waals surface area contributed by atoms with Gasteiger partial charge in [-0.2, -0.15) is 0 Å². The molecule has 0 saturated carbocycles. The van der Waals surface area contributed by atoms with Gasteiger partial charge in [0.15, 0.2) is 16.6 Å². The predicted octanol–water partition coefficient (Wildman–Crippen LogP) is 2.02. The predicted molar refractivity (Wildman–Crippen MR) is 96.4 cm³/mol. The van der Waals surface area contributed by atoms with E-state index in [9.17, 15) is 14.7 Å². The van der Waals surface area contributed by atoms with Crippen molar-refractivity contribution in [2.45, 2.75) is 6.92 Å². The number of carbonyl (C=O) groups excluding carboxylic acids is 2. The van der Waals surface area contributed by atoms with E-state index in [0.717, 1.165) is 4.90 Å². The van der Waals surface area contributed by atoms with Crippen LogP contribution < -0.4 is 4.74 Å². The number of halogens is 1. The van der Waals surface area contributed by atoms with Gasteiger partial charge in [-0.15, -0.1) is 0 Å². The number of thiocarbonyl (C=S) groups is 1. The lowest BCUT2D eigenvalue weighted by Gasteiger charge is -2.14. The first kappa shape index (κ1) is 19.0. The number of phenolic OH excluding ortho intramolecular Hbond substituents is 1. The molecular formula is C16H17ClN2O5S. The molecule has 1 aliphatic rings. The maximum absolute atomic E-state index is 12.6. The molecule has 0 unspecified atom stereocenters. The molecule has 1 aromatic carbocycles. The number of hydrogen-bond acceptors (Lipinski definition) is 6. The molecule has 0 aliphatic carbocycles. The second kappa shape index (κ2) is 7.71. The van der Waals surface area contributed by atoms with Gasteiger partial charge in [-0.25, -0.2) is 0 Å². The van der Waals surface area contributed by atoms with Crippen molar-refractivity contribution in [2.24, 2.45) is 0 Å². The molecule has 1 saturated heterocycles. The first-order chi connectivity index (χ1) is 11.8. The lowest BCUT2D eigenvalue weighted by Crippen LogP contribution is -2.36. The first-order valence-corrected chi connectivity index (χ1v) is 8.12. The quantitative estimate of drug-likeness (QED) is 0.472. The van der Waals surface area contributed by atoms with Gasteiger partial charge in [0.2, 0.25) is 0 Å². The van der Waals surface area contributed by atoms with Gasteiger partial charge in [0.25, 0.3) is 5.91 Å². The Bertz CT molecular complexity index is 765. The molecule has 1 fully saturated rings. The molecule has 0 aromatic heterocycles. The number of nitrogens with zero attached hydrogens (tertiary/aromatic N) is 2. The van der Waals surface area contributed by atoms with Crippen LogP contribution in [0.1, 0.15) is 12.5 Å². The third-order valence-corrected chi connectivity index (χ3v) is 4.29. The van der Waals surface area contributed by atoms with Gasteiger partial charge in [0.1, 0.15) is 12.2 Å². The summed E-state index contributed by atoms with van der Waals surface area (Å²) < 4.78 is 9.90. The molecule has 0 spiro atoms. The van der Waals surface area contributed by atoms with Crippen LogP contribution in [0.25, 0.3) is 6.08 Å². The molecule has 0 bridgehead atoms.